The normalized spacial score (nSPS) is 15.3. The average Bonchev–Trinajstić information content (AvgIpc) is 3.22. The summed E-state index contributed by atoms with van der Waals surface area (Å²) >= 11 is 0. The Balaban J connectivity index is 1.57. The third-order valence-corrected chi connectivity index (χ3v) is 5.88. The Morgan fingerprint density at radius 1 is 1.16 bits per heavy atom. The maximum Gasteiger partial charge on any atom is 0.276 e. The predicted octanol–water partition coefficient (Wildman–Crippen LogP) is 4.62. The number of fused-ring (bicyclic) bond motifs is 1. The molecule has 0 saturated heterocycles. The van der Waals surface area contributed by atoms with Crippen molar-refractivity contribution < 1.29 is 19.1 Å². The fourth-order valence-electron chi connectivity index (χ4n) is 4.29. The lowest BCUT2D eigenvalue weighted by Gasteiger charge is -2.20. The second kappa shape index (κ2) is 9.22. The van der Waals surface area contributed by atoms with E-state index < -0.39 is 0 Å². The van der Waals surface area contributed by atoms with Crippen LogP contribution in [0, 0.1) is 5.82 Å². The number of hydrogen-bond donors (Lipinski definition) is 1. The van der Waals surface area contributed by atoms with E-state index in [4.69, 9.17) is 4.84 Å². The molecule has 1 N–H and O–H groups in total. The van der Waals surface area contributed by atoms with Crippen molar-refractivity contribution in [2.75, 3.05) is 14.2 Å². The number of benzene rings is 3. The molecule has 1 aliphatic carbocycles. The third-order valence-electron chi connectivity index (χ3n) is 5.88. The summed E-state index contributed by atoms with van der Waals surface area (Å²) in [7, 11) is 3.06. The van der Waals surface area contributed by atoms with E-state index in [2.05, 4.69) is 5.16 Å². The molecule has 0 radical (unpaired) electrons. The fourth-order valence-corrected chi connectivity index (χ4v) is 4.29. The largest absolute Gasteiger partial charge is 0.508 e. The quantitative estimate of drug-likeness (QED) is 0.457. The van der Waals surface area contributed by atoms with Gasteiger partial charge in [0.15, 0.2) is 5.71 Å². The van der Waals surface area contributed by atoms with Crippen molar-refractivity contribution in [3.63, 3.8) is 0 Å². The van der Waals surface area contributed by atoms with Crippen molar-refractivity contribution >= 4 is 11.6 Å². The van der Waals surface area contributed by atoms with Crippen LogP contribution >= 0.6 is 0 Å². The summed E-state index contributed by atoms with van der Waals surface area (Å²) < 4.78 is 13.6. The molecule has 0 bridgehead atoms. The van der Waals surface area contributed by atoms with Gasteiger partial charge < -0.3 is 14.8 Å². The van der Waals surface area contributed by atoms with E-state index in [-0.39, 0.29) is 35.6 Å². The summed E-state index contributed by atoms with van der Waals surface area (Å²) in [5, 5.41) is 14.4. The number of likely N-dealkylation sites (N-methyl/N-ethyl adjacent to an activating group) is 1. The number of carbonyl (C=O) groups excluding carboxylic acids is 1. The Morgan fingerprint density at radius 2 is 1.94 bits per heavy atom. The van der Waals surface area contributed by atoms with Crippen molar-refractivity contribution in [3.05, 3.63) is 100 Å². The van der Waals surface area contributed by atoms with Gasteiger partial charge in [0, 0.05) is 30.6 Å². The highest BCUT2D eigenvalue weighted by Crippen LogP contribution is 2.39. The predicted molar refractivity (Wildman–Crippen MR) is 121 cm³/mol. The molecular weight excluding hydrogens is 407 g/mol. The number of amides is 1. The van der Waals surface area contributed by atoms with Crippen LogP contribution in [0.2, 0.25) is 0 Å². The highest BCUT2D eigenvalue weighted by atomic mass is 19.1. The first-order valence-electron chi connectivity index (χ1n) is 10.5. The Labute approximate surface area is 186 Å². The van der Waals surface area contributed by atoms with Crippen LogP contribution in [-0.4, -0.2) is 35.8 Å². The molecule has 32 heavy (non-hydrogen) atoms. The zero-order chi connectivity index (χ0) is 22.7. The number of nitrogens with zero attached hydrogens (tertiary/aromatic N) is 2. The summed E-state index contributed by atoms with van der Waals surface area (Å²) in [4.78, 5) is 19.5. The maximum absolute atomic E-state index is 13.6. The fraction of sp³-hybridized carbons (Fsp3) is 0.231. The molecule has 0 fully saturated rings. The smallest absolute Gasteiger partial charge is 0.276 e. The minimum Gasteiger partial charge on any atom is -0.508 e. The number of carbonyl (C=O) groups is 1. The molecule has 164 valence electrons. The number of oxime groups is 1. The summed E-state index contributed by atoms with van der Waals surface area (Å²) in [5.41, 5.74) is 4.67. The summed E-state index contributed by atoms with van der Waals surface area (Å²) in [6, 6.07) is 19.5. The molecule has 1 unspecified atom stereocenters. The zero-order valence-electron chi connectivity index (χ0n) is 18.1. The molecule has 0 heterocycles. The van der Waals surface area contributed by atoms with Crippen LogP contribution in [-0.2, 0) is 22.6 Å². The molecule has 1 amide bonds. The molecule has 1 atom stereocenters. The lowest BCUT2D eigenvalue weighted by Crippen LogP contribution is -2.33. The maximum atomic E-state index is 13.6. The van der Waals surface area contributed by atoms with Gasteiger partial charge in [-0.05, 0) is 53.8 Å². The molecule has 1 aliphatic rings. The van der Waals surface area contributed by atoms with E-state index in [1.165, 1.54) is 18.1 Å². The van der Waals surface area contributed by atoms with Crippen molar-refractivity contribution in [2.45, 2.75) is 25.3 Å². The number of phenolic OH excluding ortho intramolecular Hbond substituents is 1. The van der Waals surface area contributed by atoms with E-state index in [0.29, 0.717) is 11.1 Å². The SMILES string of the molecule is CON=C(C(=O)N(C)Cc1cc(C2CCc3cc(F)ccc32)ccc1O)c1ccccc1. The average molecular weight is 432 g/mol. The summed E-state index contributed by atoms with van der Waals surface area (Å²) in [6.45, 7) is 0.205. The van der Waals surface area contributed by atoms with Gasteiger partial charge in [-0.25, -0.2) is 4.39 Å². The Hall–Kier alpha value is -3.67. The van der Waals surface area contributed by atoms with Gasteiger partial charge in [0.05, 0.1) is 0 Å². The van der Waals surface area contributed by atoms with Crippen molar-refractivity contribution in [1.29, 1.82) is 0 Å². The van der Waals surface area contributed by atoms with Crippen LogP contribution in [0.4, 0.5) is 4.39 Å². The molecule has 5 nitrogen and oxygen atoms in total. The number of phenols is 1. The second-order valence-corrected chi connectivity index (χ2v) is 7.97. The topological polar surface area (TPSA) is 62.1 Å². The van der Waals surface area contributed by atoms with Crippen molar-refractivity contribution in [2.24, 2.45) is 5.16 Å². The van der Waals surface area contributed by atoms with E-state index >= 15 is 0 Å². The van der Waals surface area contributed by atoms with Crippen LogP contribution in [0.3, 0.4) is 0 Å². The first-order chi connectivity index (χ1) is 15.5. The van der Waals surface area contributed by atoms with E-state index in [1.807, 2.05) is 36.4 Å². The van der Waals surface area contributed by atoms with E-state index in [9.17, 15) is 14.3 Å². The van der Waals surface area contributed by atoms with Crippen LogP contribution in [0.25, 0.3) is 0 Å². The Kier molecular flexibility index (Phi) is 6.21. The molecule has 0 saturated carbocycles. The Morgan fingerprint density at radius 3 is 2.69 bits per heavy atom. The van der Waals surface area contributed by atoms with Crippen LogP contribution < -0.4 is 0 Å². The molecule has 4 rings (SSSR count). The lowest BCUT2D eigenvalue weighted by atomic mass is 9.91. The monoisotopic (exact) mass is 432 g/mol. The first-order valence-corrected chi connectivity index (χ1v) is 10.5. The lowest BCUT2D eigenvalue weighted by molar-refractivity contribution is -0.123. The molecule has 3 aromatic carbocycles. The second-order valence-electron chi connectivity index (χ2n) is 7.97. The zero-order valence-corrected chi connectivity index (χ0v) is 18.1. The number of aromatic hydroxyl groups is 1. The van der Waals surface area contributed by atoms with Gasteiger partial charge >= 0.3 is 0 Å². The number of aryl methyl sites for hydroxylation is 1. The highest BCUT2D eigenvalue weighted by Gasteiger charge is 2.26. The van der Waals surface area contributed by atoms with Gasteiger partial charge in [-0.1, -0.05) is 47.6 Å². The van der Waals surface area contributed by atoms with Gasteiger partial charge in [0.25, 0.3) is 5.91 Å². The minimum atomic E-state index is -0.315. The molecule has 0 aromatic heterocycles. The molecule has 0 spiro atoms. The van der Waals surface area contributed by atoms with E-state index in [1.54, 1.807) is 31.3 Å². The third kappa shape index (κ3) is 4.35. The van der Waals surface area contributed by atoms with Crippen LogP contribution in [0.5, 0.6) is 5.75 Å². The van der Waals surface area contributed by atoms with Crippen LogP contribution in [0.1, 0.15) is 40.2 Å². The Bertz CT molecular complexity index is 1160. The molecular formula is C26H25FN2O3. The van der Waals surface area contributed by atoms with Gasteiger partial charge in [-0.3, -0.25) is 4.79 Å². The van der Waals surface area contributed by atoms with E-state index in [0.717, 1.165) is 29.5 Å². The van der Waals surface area contributed by atoms with Crippen molar-refractivity contribution in [3.8, 4) is 5.75 Å². The molecule has 3 aromatic rings. The molecule has 0 aliphatic heterocycles. The minimum absolute atomic E-state index is 0.121. The number of halogens is 1. The highest BCUT2D eigenvalue weighted by molar-refractivity contribution is 6.45. The van der Waals surface area contributed by atoms with Gasteiger partial charge in [-0.15, -0.1) is 0 Å². The van der Waals surface area contributed by atoms with Gasteiger partial charge in [0.1, 0.15) is 18.7 Å². The van der Waals surface area contributed by atoms with Gasteiger partial charge in [0.2, 0.25) is 0 Å². The number of rotatable bonds is 6. The first kappa shape index (κ1) is 21.6. The van der Waals surface area contributed by atoms with Crippen molar-refractivity contribution in [1.82, 2.24) is 4.90 Å². The number of hydrogen-bond acceptors (Lipinski definition) is 4. The van der Waals surface area contributed by atoms with Gasteiger partial charge in [-0.2, -0.15) is 0 Å². The summed E-state index contributed by atoms with van der Waals surface area (Å²) in [5.74, 6) is -0.274. The standard InChI is InChI=1S/C26H25FN2O3/c1-29(26(31)25(28-32-2)17-6-4-3-5-7-17)16-20-14-18(9-13-24(20)30)22-11-8-19-15-21(27)10-12-23(19)22/h3-7,9-10,12-15,22,30H,8,11,16H2,1-2H3. The molecule has 6 heteroatoms. The van der Waals surface area contributed by atoms with Crippen LogP contribution in [0.15, 0.2) is 71.9 Å². The summed E-state index contributed by atoms with van der Waals surface area (Å²) in [6.07, 6.45) is 1.71.